The number of carbonyl (C=O) groups excluding carboxylic acids is 1. The first-order valence-electron chi connectivity index (χ1n) is 8.72. The molecule has 3 N–H and O–H groups in total. The molecule has 0 fully saturated rings. The summed E-state index contributed by atoms with van der Waals surface area (Å²) in [5.74, 6) is 0.997. The monoisotopic (exact) mass is 387 g/mol. The van der Waals surface area contributed by atoms with E-state index in [-0.39, 0.29) is 5.91 Å². The number of nitrogens with one attached hydrogen (secondary N) is 3. The Hall–Kier alpha value is -2.80. The standard InChI is InChI=1S/C20H25N3O3S/c1-5-25-17-8-10-18(11-9-17)26-15(4)19(24)22-23-20(27)21-16-7-6-13(2)14(3)12-16/h6-12,15H,5H2,1-4H3,(H,22,24)(H2,21,23,27)/t15-/m0/s1. The Kier molecular flexibility index (Phi) is 7.43. The molecular weight excluding hydrogens is 362 g/mol. The SMILES string of the molecule is CCOc1ccc(O[C@@H](C)C(=O)NNC(=S)Nc2ccc(C)c(C)c2)cc1. The lowest BCUT2D eigenvalue weighted by Gasteiger charge is -2.17. The van der Waals surface area contributed by atoms with Crippen LogP contribution < -0.4 is 25.6 Å². The summed E-state index contributed by atoms with van der Waals surface area (Å²) < 4.78 is 11.0. The highest BCUT2D eigenvalue weighted by Gasteiger charge is 2.15. The number of hydrazine groups is 1. The molecule has 7 heteroatoms. The van der Waals surface area contributed by atoms with Crippen molar-refractivity contribution in [2.75, 3.05) is 11.9 Å². The predicted octanol–water partition coefficient (Wildman–Crippen LogP) is 3.49. The van der Waals surface area contributed by atoms with Gasteiger partial charge in [0.2, 0.25) is 0 Å². The van der Waals surface area contributed by atoms with Gasteiger partial charge in [0.25, 0.3) is 5.91 Å². The van der Waals surface area contributed by atoms with Crippen LogP contribution >= 0.6 is 12.2 Å². The molecule has 2 aromatic rings. The molecular formula is C20H25N3O3S. The van der Waals surface area contributed by atoms with Crippen LogP contribution in [0.2, 0.25) is 0 Å². The van der Waals surface area contributed by atoms with Crippen LogP contribution in [0.15, 0.2) is 42.5 Å². The van der Waals surface area contributed by atoms with E-state index in [1.165, 1.54) is 5.56 Å². The van der Waals surface area contributed by atoms with Crippen molar-refractivity contribution in [3.8, 4) is 11.5 Å². The van der Waals surface area contributed by atoms with Crippen molar-refractivity contribution < 1.29 is 14.3 Å². The number of rotatable bonds is 6. The molecule has 0 aromatic heterocycles. The normalized spacial score (nSPS) is 11.3. The van der Waals surface area contributed by atoms with Crippen molar-refractivity contribution in [1.82, 2.24) is 10.9 Å². The molecule has 1 amide bonds. The van der Waals surface area contributed by atoms with E-state index in [4.69, 9.17) is 21.7 Å². The Bertz CT molecular complexity index is 794. The van der Waals surface area contributed by atoms with Crippen molar-refractivity contribution in [2.24, 2.45) is 0 Å². The number of aryl methyl sites for hydroxylation is 2. The minimum atomic E-state index is -0.695. The largest absolute Gasteiger partial charge is 0.494 e. The molecule has 0 aliphatic carbocycles. The molecule has 0 bridgehead atoms. The van der Waals surface area contributed by atoms with Crippen LogP contribution in [0.4, 0.5) is 5.69 Å². The fourth-order valence-corrected chi connectivity index (χ4v) is 2.41. The molecule has 0 spiro atoms. The second-order valence-corrected chi connectivity index (χ2v) is 6.44. The summed E-state index contributed by atoms with van der Waals surface area (Å²) in [7, 11) is 0. The van der Waals surface area contributed by atoms with Gasteiger partial charge in [-0.15, -0.1) is 0 Å². The molecule has 0 saturated heterocycles. The Balaban J connectivity index is 1.79. The van der Waals surface area contributed by atoms with Crippen molar-refractivity contribution in [2.45, 2.75) is 33.8 Å². The Morgan fingerprint density at radius 3 is 2.33 bits per heavy atom. The van der Waals surface area contributed by atoms with Gasteiger partial charge in [-0.25, -0.2) is 0 Å². The summed E-state index contributed by atoms with van der Waals surface area (Å²) in [6, 6.07) is 13.0. The lowest BCUT2D eigenvalue weighted by Crippen LogP contribution is -2.48. The van der Waals surface area contributed by atoms with E-state index in [9.17, 15) is 4.79 Å². The molecule has 1 atom stereocenters. The van der Waals surface area contributed by atoms with Gasteiger partial charge < -0.3 is 14.8 Å². The van der Waals surface area contributed by atoms with Gasteiger partial charge in [-0.3, -0.25) is 15.6 Å². The second-order valence-electron chi connectivity index (χ2n) is 6.03. The molecule has 0 saturated carbocycles. The summed E-state index contributed by atoms with van der Waals surface area (Å²) in [5, 5.41) is 3.31. The lowest BCUT2D eigenvalue weighted by molar-refractivity contribution is -0.127. The topological polar surface area (TPSA) is 71.6 Å². The van der Waals surface area contributed by atoms with Crippen molar-refractivity contribution in [1.29, 1.82) is 0 Å². The van der Waals surface area contributed by atoms with Gasteiger partial charge in [0.1, 0.15) is 11.5 Å². The van der Waals surface area contributed by atoms with Crippen LogP contribution in [-0.2, 0) is 4.79 Å². The molecule has 27 heavy (non-hydrogen) atoms. The van der Waals surface area contributed by atoms with E-state index in [2.05, 4.69) is 16.2 Å². The average Bonchev–Trinajstić information content (AvgIpc) is 2.64. The number of anilines is 1. The molecule has 0 radical (unpaired) electrons. The maximum Gasteiger partial charge on any atom is 0.279 e. The molecule has 144 valence electrons. The van der Waals surface area contributed by atoms with Crippen LogP contribution in [0.1, 0.15) is 25.0 Å². The third kappa shape index (κ3) is 6.45. The molecule has 0 unspecified atom stereocenters. The number of hydrogen-bond donors (Lipinski definition) is 3. The summed E-state index contributed by atoms with van der Waals surface area (Å²) in [6.07, 6.45) is -0.695. The van der Waals surface area contributed by atoms with Crippen molar-refractivity contribution in [3.05, 3.63) is 53.6 Å². The van der Waals surface area contributed by atoms with Gasteiger partial charge in [0, 0.05) is 5.69 Å². The van der Waals surface area contributed by atoms with E-state index in [0.717, 1.165) is 17.0 Å². The van der Waals surface area contributed by atoms with E-state index in [1.54, 1.807) is 31.2 Å². The molecule has 6 nitrogen and oxygen atoms in total. The van der Waals surface area contributed by atoms with Gasteiger partial charge in [0.05, 0.1) is 6.61 Å². The second kappa shape index (κ2) is 9.78. The first kappa shape index (κ1) is 20.5. The molecule has 0 heterocycles. The number of ether oxygens (including phenoxy) is 2. The third-order valence-corrected chi connectivity index (χ3v) is 4.08. The van der Waals surface area contributed by atoms with Gasteiger partial charge in [-0.2, -0.15) is 0 Å². The number of hydrogen-bond acceptors (Lipinski definition) is 4. The highest BCUT2D eigenvalue weighted by atomic mass is 32.1. The zero-order valence-corrected chi connectivity index (χ0v) is 16.8. The lowest BCUT2D eigenvalue weighted by atomic mass is 10.1. The Morgan fingerprint density at radius 2 is 1.70 bits per heavy atom. The highest BCUT2D eigenvalue weighted by molar-refractivity contribution is 7.80. The fraction of sp³-hybridized carbons (Fsp3) is 0.300. The minimum Gasteiger partial charge on any atom is -0.494 e. The van der Waals surface area contributed by atoms with Crippen LogP contribution in [0.25, 0.3) is 0 Å². The van der Waals surface area contributed by atoms with E-state index < -0.39 is 6.10 Å². The predicted molar refractivity (Wildman–Crippen MR) is 111 cm³/mol. The Labute approximate surface area is 165 Å². The van der Waals surface area contributed by atoms with Gasteiger partial charge in [-0.05, 0) is 87.4 Å². The zero-order chi connectivity index (χ0) is 19.8. The van der Waals surface area contributed by atoms with Crippen LogP contribution in [0.5, 0.6) is 11.5 Å². The smallest absolute Gasteiger partial charge is 0.279 e. The maximum atomic E-state index is 12.2. The summed E-state index contributed by atoms with van der Waals surface area (Å²) in [4.78, 5) is 12.2. The quantitative estimate of drug-likeness (QED) is 0.521. The Morgan fingerprint density at radius 1 is 1.04 bits per heavy atom. The van der Waals surface area contributed by atoms with Gasteiger partial charge in [-0.1, -0.05) is 6.07 Å². The summed E-state index contributed by atoms with van der Waals surface area (Å²) in [5.41, 5.74) is 8.43. The first-order chi connectivity index (χ1) is 12.9. The summed E-state index contributed by atoms with van der Waals surface area (Å²) >= 11 is 5.19. The minimum absolute atomic E-state index is 0.292. The molecule has 2 rings (SSSR count). The number of carbonyl (C=O) groups is 1. The van der Waals surface area contributed by atoms with Crippen molar-refractivity contribution in [3.63, 3.8) is 0 Å². The fourth-order valence-electron chi connectivity index (χ4n) is 2.24. The zero-order valence-electron chi connectivity index (χ0n) is 16.0. The van der Waals surface area contributed by atoms with E-state index in [1.807, 2.05) is 39.0 Å². The highest BCUT2D eigenvalue weighted by Crippen LogP contribution is 2.18. The average molecular weight is 388 g/mol. The third-order valence-electron chi connectivity index (χ3n) is 3.88. The summed E-state index contributed by atoms with van der Waals surface area (Å²) in [6.45, 7) is 8.25. The number of thiocarbonyl (C=S) groups is 1. The van der Waals surface area contributed by atoms with Crippen molar-refractivity contribution >= 4 is 28.9 Å². The van der Waals surface area contributed by atoms with E-state index >= 15 is 0 Å². The van der Waals surface area contributed by atoms with Crippen LogP contribution in [-0.4, -0.2) is 23.7 Å². The van der Waals surface area contributed by atoms with Crippen LogP contribution in [0.3, 0.4) is 0 Å². The van der Waals surface area contributed by atoms with Crippen LogP contribution in [0, 0.1) is 13.8 Å². The molecule has 2 aromatic carbocycles. The first-order valence-corrected chi connectivity index (χ1v) is 9.13. The number of amides is 1. The van der Waals surface area contributed by atoms with Gasteiger partial charge >= 0.3 is 0 Å². The molecule has 0 aliphatic heterocycles. The number of benzene rings is 2. The maximum absolute atomic E-state index is 12.2. The van der Waals surface area contributed by atoms with Gasteiger partial charge in [0.15, 0.2) is 11.2 Å². The molecule has 0 aliphatic rings. The van der Waals surface area contributed by atoms with E-state index in [0.29, 0.717) is 17.5 Å².